The number of amidine groups is 1. The van der Waals surface area contributed by atoms with E-state index in [1.165, 1.54) is 36.6 Å². The molecule has 2 atom stereocenters. The standard InChI is InChI=1S/C24H21ClF3N7O3S/c1-38-17(36)10-31-22(37)24(29)9-16-18(15-4-6-35(33-15)23(27)28)19(13-3-2-12(26)8-14(13)25)32-20(34(16)11-24)21-30-5-7-39-21/h2-8,19,23H,9-11,29H2,1H3,(H,31,37)/t19-,24+/m0/s1. The number of aliphatic imine (C=N–C) groups is 1. The number of nitrogens with two attached hydrogens (primary N) is 1. The average molecular weight is 580 g/mol. The SMILES string of the molecule is COC(=O)CNC(=O)[C@@]1(N)CC2=C(c3ccn(C(F)F)n3)[C@H](c3ccc(F)cc3Cl)N=C(c3nccs3)N2C1. The lowest BCUT2D eigenvalue weighted by Gasteiger charge is -2.32. The predicted molar refractivity (Wildman–Crippen MR) is 136 cm³/mol. The summed E-state index contributed by atoms with van der Waals surface area (Å²) in [6.07, 6.45) is 2.64. The largest absolute Gasteiger partial charge is 0.468 e. The van der Waals surface area contributed by atoms with E-state index >= 15 is 0 Å². The summed E-state index contributed by atoms with van der Waals surface area (Å²) in [6.45, 7) is -3.34. The Kier molecular flexibility index (Phi) is 7.18. The van der Waals surface area contributed by atoms with Crippen LogP contribution in [0.4, 0.5) is 13.2 Å². The van der Waals surface area contributed by atoms with E-state index in [2.05, 4.69) is 20.1 Å². The summed E-state index contributed by atoms with van der Waals surface area (Å²) in [5.41, 5.74) is 6.46. The number of thiazole rings is 1. The molecule has 2 aromatic heterocycles. The highest BCUT2D eigenvalue weighted by Gasteiger charge is 2.50. The molecular weight excluding hydrogens is 559 g/mol. The third-order valence-electron chi connectivity index (χ3n) is 6.38. The zero-order chi connectivity index (χ0) is 27.9. The van der Waals surface area contributed by atoms with Crippen LogP contribution in [0.2, 0.25) is 5.02 Å². The number of carbonyl (C=O) groups excluding carboxylic acids is 2. The van der Waals surface area contributed by atoms with Gasteiger partial charge in [0, 0.05) is 46.1 Å². The molecule has 1 saturated heterocycles. The summed E-state index contributed by atoms with van der Waals surface area (Å²) in [5.74, 6) is -1.47. The van der Waals surface area contributed by atoms with Crippen molar-refractivity contribution in [2.24, 2.45) is 10.7 Å². The number of rotatable bonds is 7. The topological polar surface area (TPSA) is 128 Å². The summed E-state index contributed by atoms with van der Waals surface area (Å²) in [5, 5.41) is 8.85. The Morgan fingerprint density at radius 2 is 2.15 bits per heavy atom. The molecule has 0 unspecified atom stereocenters. The van der Waals surface area contributed by atoms with E-state index in [0.29, 0.717) is 32.4 Å². The molecule has 2 aliphatic rings. The number of alkyl halides is 2. The third-order valence-corrected chi connectivity index (χ3v) is 7.47. The molecule has 1 fully saturated rings. The highest BCUT2D eigenvalue weighted by atomic mass is 35.5. The second-order valence-corrected chi connectivity index (χ2v) is 10.2. The van der Waals surface area contributed by atoms with Crippen molar-refractivity contribution in [2.45, 2.75) is 24.6 Å². The van der Waals surface area contributed by atoms with E-state index in [0.717, 1.165) is 12.3 Å². The Morgan fingerprint density at radius 3 is 2.79 bits per heavy atom. The van der Waals surface area contributed by atoms with Crippen molar-refractivity contribution in [3.8, 4) is 0 Å². The van der Waals surface area contributed by atoms with Gasteiger partial charge in [-0.1, -0.05) is 17.7 Å². The van der Waals surface area contributed by atoms with Crippen LogP contribution in [-0.4, -0.2) is 63.1 Å². The first-order chi connectivity index (χ1) is 18.6. The third kappa shape index (κ3) is 5.02. The van der Waals surface area contributed by atoms with Crippen LogP contribution in [0.5, 0.6) is 0 Å². The van der Waals surface area contributed by atoms with Gasteiger partial charge < -0.3 is 20.7 Å². The molecular formula is C24H21ClF3N7O3S. The lowest BCUT2D eigenvalue weighted by Crippen LogP contribution is -2.56. The maximum Gasteiger partial charge on any atom is 0.333 e. The maximum absolute atomic E-state index is 13.9. The minimum Gasteiger partial charge on any atom is -0.468 e. The summed E-state index contributed by atoms with van der Waals surface area (Å²) in [4.78, 5) is 35.7. The van der Waals surface area contributed by atoms with Crippen LogP contribution >= 0.6 is 22.9 Å². The van der Waals surface area contributed by atoms with Gasteiger partial charge in [-0.2, -0.15) is 13.9 Å². The molecule has 0 bridgehead atoms. The number of methoxy groups -OCH3 is 1. The second kappa shape index (κ2) is 10.4. The van der Waals surface area contributed by atoms with Crippen LogP contribution in [0.15, 0.2) is 52.7 Å². The number of carbonyl (C=O) groups is 2. The number of amides is 1. The molecule has 4 heterocycles. The smallest absolute Gasteiger partial charge is 0.333 e. The van der Waals surface area contributed by atoms with Gasteiger partial charge in [-0.15, -0.1) is 11.3 Å². The van der Waals surface area contributed by atoms with E-state index < -0.39 is 35.8 Å². The van der Waals surface area contributed by atoms with Crippen molar-refractivity contribution in [3.05, 3.63) is 74.8 Å². The van der Waals surface area contributed by atoms with Gasteiger partial charge in [-0.3, -0.25) is 14.6 Å². The van der Waals surface area contributed by atoms with Crippen LogP contribution in [-0.2, 0) is 14.3 Å². The number of nitrogens with zero attached hydrogens (tertiary/aromatic N) is 5. The molecule has 204 valence electrons. The molecule has 3 aromatic rings. The van der Waals surface area contributed by atoms with Gasteiger partial charge >= 0.3 is 12.5 Å². The van der Waals surface area contributed by atoms with Gasteiger partial charge in [0.15, 0.2) is 10.8 Å². The fourth-order valence-electron chi connectivity index (χ4n) is 4.57. The quantitative estimate of drug-likeness (QED) is 0.412. The van der Waals surface area contributed by atoms with E-state index in [9.17, 15) is 22.8 Å². The highest BCUT2D eigenvalue weighted by Crippen LogP contribution is 2.47. The first-order valence-electron chi connectivity index (χ1n) is 11.5. The summed E-state index contributed by atoms with van der Waals surface area (Å²) >= 11 is 7.73. The molecule has 1 aromatic carbocycles. The van der Waals surface area contributed by atoms with Crippen molar-refractivity contribution in [1.82, 2.24) is 25.0 Å². The highest BCUT2D eigenvalue weighted by molar-refractivity contribution is 7.11. The monoisotopic (exact) mass is 579 g/mol. The lowest BCUT2D eigenvalue weighted by atomic mass is 9.90. The minimum atomic E-state index is -2.90. The number of benzene rings is 1. The molecule has 10 nitrogen and oxygen atoms in total. The number of esters is 1. The summed E-state index contributed by atoms with van der Waals surface area (Å²) in [6, 6.07) is 4.29. The maximum atomic E-state index is 13.9. The van der Waals surface area contributed by atoms with Crippen molar-refractivity contribution < 1.29 is 27.5 Å². The van der Waals surface area contributed by atoms with E-state index in [-0.39, 0.29) is 30.2 Å². The summed E-state index contributed by atoms with van der Waals surface area (Å²) < 4.78 is 46.0. The lowest BCUT2D eigenvalue weighted by molar-refractivity contribution is -0.141. The first-order valence-corrected chi connectivity index (χ1v) is 12.8. The van der Waals surface area contributed by atoms with Gasteiger partial charge in [0.1, 0.15) is 23.9 Å². The number of fused-ring (bicyclic) bond motifs is 1. The Hall–Kier alpha value is -3.75. The van der Waals surface area contributed by atoms with Gasteiger partial charge in [0.05, 0.1) is 19.3 Å². The Labute approximate surface area is 228 Å². The number of hydrogen-bond acceptors (Lipinski definition) is 9. The Morgan fingerprint density at radius 1 is 1.36 bits per heavy atom. The zero-order valence-corrected chi connectivity index (χ0v) is 21.8. The van der Waals surface area contributed by atoms with E-state index in [1.54, 1.807) is 16.5 Å². The second-order valence-electron chi connectivity index (χ2n) is 8.86. The van der Waals surface area contributed by atoms with Crippen LogP contribution in [0.3, 0.4) is 0 Å². The fourth-order valence-corrected chi connectivity index (χ4v) is 5.48. The molecule has 1 amide bonds. The normalized spacial score (nSPS) is 20.7. The molecule has 15 heteroatoms. The van der Waals surface area contributed by atoms with Crippen molar-refractivity contribution in [1.29, 1.82) is 0 Å². The first kappa shape index (κ1) is 26.8. The Balaban J connectivity index is 1.68. The average Bonchev–Trinajstić information content (AvgIpc) is 3.66. The molecule has 0 spiro atoms. The molecule has 5 rings (SSSR count). The van der Waals surface area contributed by atoms with Crippen LogP contribution in [0.1, 0.15) is 35.3 Å². The minimum absolute atomic E-state index is 0.0589. The van der Waals surface area contributed by atoms with E-state index in [4.69, 9.17) is 22.3 Å². The van der Waals surface area contributed by atoms with Crippen molar-refractivity contribution in [2.75, 3.05) is 20.2 Å². The fraction of sp³-hybridized carbons (Fsp3) is 0.292. The van der Waals surface area contributed by atoms with Gasteiger partial charge in [0.25, 0.3) is 0 Å². The van der Waals surface area contributed by atoms with Crippen LogP contribution in [0, 0.1) is 5.82 Å². The van der Waals surface area contributed by atoms with Crippen molar-refractivity contribution in [3.63, 3.8) is 0 Å². The predicted octanol–water partition coefficient (Wildman–Crippen LogP) is 3.13. The summed E-state index contributed by atoms with van der Waals surface area (Å²) in [7, 11) is 1.19. The van der Waals surface area contributed by atoms with E-state index in [1.807, 2.05) is 0 Å². The molecule has 39 heavy (non-hydrogen) atoms. The van der Waals surface area contributed by atoms with Crippen LogP contribution in [0.25, 0.3) is 5.57 Å². The number of ether oxygens (including phenoxy) is 1. The molecule has 2 aliphatic heterocycles. The van der Waals surface area contributed by atoms with Crippen LogP contribution < -0.4 is 11.1 Å². The Bertz CT molecular complexity index is 1490. The number of hydrogen-bond donors (Lipinski definition) is 2. The molecule has 0 saturated carbocycles. The number of nitrogens with one attached hydrogen (secondary N) is 1. The molecule has 0 aliphatic carbocycles. The number of aromatic nitrogens is 3. The number of halogens is 4. The van der Waals surface area contributed by atoms with Gasteiger partial charge in [-0.25, -0.2) is 14.1 Å². The zero-order valence-electron chi connectivity index (χ0n) is 20.3. The van der Waals surface area contributed by atoms with Gasteiger partial charge in [0.2, 0.25) is 5.91 Å². The molecule has 0 radical (unpaired) electrons. The van der Waals surface area contributed by atoms with Crippen molar-refractivity contribution >= 4 is 46.2 Å². The molecule has 3 N–H and O–H groups in total. The van der Waals surface area contributed by atoms with Gasteiger partial charge in [-0.05, 0) is 18.2 Å².